The first kappa shape index (κ1) is 15.4. The lowest BCUT2D eigenvalue weighted by molar-refractivity contribution is 0.0946. The molecule has 0 atom stereocenters. The third-order valence-corrected chi connectivity index (χ3v) is 3.33. The maximum absolute atomic E-state index is 13.1. The van der Waals surface area contributed by atoms with Gasteiger partial charge in [-0.1, -0.05) is 0 Å². The summed E-state index contributed by atoms with van der Waals surface area (Å²) in [5.41, 5.74) is 0.219. The van der Waals surface area contributed by atoms with Crippen molar-refractivity contribution in [2.75, 3.05) is 13.2 Å². The highest BCUT2D eigenvalue weighted by Gasteiger charge is 2.10. The van der Waals surface area contributed by atoms with Gasteiger partial charge in [0.05, 0.1) is 12.1 Å². The topological polar surface area (TPSA) is 38.3 Å². The van der Waals surface area contributed by atoms with E-state index in [0.29, 0.717) is 10.2 Å². The molecular weight excluding hydrogens is 344 g/mol. The Morgan fingerprint density at radius 1 is 1.10 bits per heavy atom. The molecular formula is C15H12BrF2NO2. The molecule has 1 amide bonds. The minimum absolute atomic E-state index is 0.219. The van der Waals surface area contributed by atoms with Crippen molar-refractivity contribution < 1.29 is 18.3 Å². The average Bonchev–Trinajstić information content (AvgIpc) is 2.47. The van der Waals surface area contributed by atoms with Gasteiger partial charge in [-0.2, -0.15) is 0 Å². The number of carbonyl (C=O) groups is 1. The summed E-state index contributed by atoms with van der Waals surface area (Å²) in [5.74, 6) is -0.709. The number of benzene rings is 2. The summed E-state index contributed by atoms with van der Waals surface area (Å²) in [6.07, 6.45) is 0. The van der Waals surface area contributed by atoms with Gasteiger partial charge in [-0.05, 0) is 58.4 Å². The van der Waals surface area contributed by atoms with Crippen LogP contribution in [0.3, 0.4) is 0 Å². The summed E-state index contributed by atoms with van der Waals surface area (Å²) < 4.78 is 31.6. The predicted molar refractivity (Wildman–Crippen MR) is 78.3 cm³/mol. The molecule has 0 saturated carbocycles. The van der Waals surface area contributed by atoms with Crippen LogP contribution in [-0.4, -0.2) is 19.1 Å². The summed E-state index contributed by atoms with van der Waals surface area (Å²) >= 11 is 3.19. The maximum Gasteiger partial charge on any atom is 0.252 e. The van der Waals surface area contributed by atoms with Crippen LogP contribution < -0.4 is 10.1 Å². The Morgan fingerprint density at radius 2 is 1.76 bits per heavy atom. The SMILES string of the molecule is O=C(NCCOc1ccc(F)cc1)c1cc(F)ccc1Br. The molecule has 2 aromatic rings. The van der Waals surface area contributed by atoms with E-state index in [0.717, 1.165) is 6.07 Å². The molecule has 1 N–H and O–H groups in total. The summed E-state index contributed by atoms with van der Waals surface area (Å²) in [6, 6.07) is 9.47. The number of nitrogens with one attached hydrogen (secondary N) is 1. The molecule has 0 spiro atoms. The Labute approximate surface area is 129 Å². The number of ether oxygens (including phenoxy) is 1. The second-order valence-corrected chi connectivity index (χ2v) is 5.04. The van der Waals surface area contributed by atoms with Crippen LogP contribution in [0.4, 0.5) is 8.78 Å². The first-order chi connectivity index (χ1) is 10.1. The number of halogens is 3. The Balaban J connectivity index is 1.81. The van der Waals surface area contributed by atoms with E-state index in [4.69, 9.17) is 4.74 Å². The Morgan fingerprint density at radius 3 is 2.48 bits per heavy atom. The van der Waals surface area contributed by atoms with Gasteiger partial charge >= 0.3 is 0 Å². The molecule has 2 aromatic carbocycles. The average molecular weight is 356 g/mol. The molecule has 3 nitrogen and oxygen atoms in total. The van der Waals surface area contributed by atoms with Crippen molar-refractivity contribution in [1.29, 1.82) is 0 Å². The monoisotopic (exact) mass is 355 g/mol. The van der Waals surface area contributed by atoms with E-state index in [2.05, 4.69) is 21.2 Å². The minimum Gasteiger partial charge on any atom is -0.492 e. The van der Waals surface area contributed by atoms with Crippen molar-refractivity contribution in [1.82, 2.24) is 5.32 Å². The largest absolute Gasteiger partial charge is 0.492 e. The van der Waals surface area contributed by atoms with Crippen LogP contribution in [0.1, 0.15) is 10.4 Å². The van der Waals surface area contributed by atoms with Gasteiger partial charge in [0.25, 0.3) is 5.91 Å². The number of rotatable bonds is 5. The Hall–Kier alpha value is -1.95. The molecule has 0 saturated heterocycles. The third kappa shape index (κ3) is 4.53. The van der Waals surface area contributed by atoms with Crippen molar-refractivity contribution in [3.05, 3.63) is 64.1 Å². The predicted octanol–water partition coefficient (Wildman–Crippen LogP) is 3.54. The number of hydrogen-bond donors (Lipinski definition) is 1. The molecule has 0 unspecified atom stereocenters. The first-order valence-electron chi connectivity index (χ1n) is 6.18. The fourth-order valence-electron chi connectivity index (χ4n) is 1.63. The molecule has 21 heavy (non-hydrogen) atoms. The van der Waals surface area contributed by atoms with Crippen molar-refractivity contribution in [3.8, 4) is 5.75 Å². The lowest BCUT2D eigenvalue weighted by atomic mass is 10.2. The van der Waals surface area contributed by atoms with Gasteiger partial charge in [0.15, 0.2) is 0 Å². The molecule has 0 bridgehead atoms. The van der Waals surface area contributed by atoms with Gasteiger partial charge in [-0.3, -0.25) is 4.79 Å². The van der Waals surface area contributed by atoms with Gasteiger partial charge in [0, 0.05) is 4.47 Å². The number of hydrogen-bond acceptors (Lipinski definition) is 2. The van der Waals surface area contributed by atoms with E-state index in [9.17, 15) is 13.6 Å². The standard InChI is InChI=1S/C15H12BrF2NO2/c16-14-6-3-11(18)9-13(14)15(20)19-7-8-21-12-4-1-10(17)2-5-12/h1-6,9H,7-8H2,(H,19,20). The molecule has 2 rings (SSSR count). The van der Waals surface area contributed by atoms with Gasteiger partial charge in [-0.25, -0.2) is 8.78 Å². The van der Waals surface area contributed by atoms with Gasteiger partial charge in [-0.15, -0.1) is 0 Å². The second-order valence-electron chi connectivity index (χ2n) is 4.18. The van der Waals surface area contributed by atoms with E-state index in [-0.39, 0.29) is 24.5 Å². The van der Waals surface area contributed by atoms with Crippen LogP contribution in [0.2, 0.25) is 0 Å². The number of carbonyl (C=O) groups excluding carboxylic acids is 1. The summed E-state index contributed by atoms with van der Waals surface area (Å²) in [6.45, 7) is 0.476. The maximum atomic E-state index is 13.1. The Bertz CT molecular complexity index is 632. The van der Waals surface area contributed by atoms with E-state index in [1.165, 1.54) is 36.4 Å². The zero-order valence-corrected chi connectivity index (χ0v) is 12.5. The fraction of sp³-hybridized carbons (Fsp3) is 0.133. The smallest absolute Gasteiger partial charge is 0.252 e. The lowest BCUT2D eigenvalue weighted by Crippen LogP contribution is -2.28. The number of amides is 1. The Kier molecular flexibility index (Phi) is 5.27. The summed E-state index contributed by atoms with van der Waals surface area (Å²) in [7, 11) is 0. The van der Waals surface area contributed by atoms with Crippen molar-refractivity contribution in [2.45, 2.75) is 0 Å². The molecule has 6 heteroatoms. The quantitative estimate of drug-likeness (QED) is 0.833. The minimum atomic E-state index is -0.481. The molecule has 0 heterocycles. The van der Waals surface area contributed by atoms with Gasteiger partial charge < -0.3 is 10.1 Å². The van der Waals surface area contributed by atoms with E-state index < -0.39 is 11.7 Å². The second kappa shape index (κ2) is 7.17. The fourth-order valence-corrected chi connectivity index (χ4v) is 2.06. The lowest BCUT2D eigenvalue weighted by Gasteiger charge is -2.09. The normalized spacial score (nSPS) is 10.2. The van der Waals surface area contributed by atoms with Crippen LogP contribution in [-0.2, 0) is 0 Å². The molecule has 0 aliphatic heterocycles. The van der Waals surface area contributed by atoms with Gasteiger partial charge in [0.1, 0.15) is 24.0 Å². The zero-order chi connectivity index (χ0) is 15.2. The van der Waals surface area contributed by atoms with E-state index >= 15 is 0 Å². The molecule has 0 aliphatic rings. The van der Waals surface area contributed by atoms with Gasteiger partial charge in [0.2, 0.25) is 0 Å². The first-order valence-corrected chi connectivity index (χ1v) is 6.97. The van der Waals surface area contributed by atoms with Crippen molar-refractivity contribution in [2.24, 2.45) is 0 Å². The molecule has 110 valence electrons. The molecule has 0 aromatic heterocycles. The van der Waals surface area contributed by atoms with E-state index in [1.807, 2.05) is 0 Å². The highest BCUT2D eigenvalue weighted by molar-refractivity contribution is 9.10. The third-order valence-electron chi connectivity index (χ3n) is 2.64. The van der Waals surface area contributed by atoms with Crippen molar-refractivity contribution >= 4 is 21.8 Å². The van der Waals surface area contributed by atoms with Crippen LogP contribution in [0.5, 0.6) is 5.75 Å². The molecule has 0 radical (unpaired) electrons. The summed E-state index contributed by atoms with van der Waals surface area (Å²) in [4.78, 5) is 11.9. The zero-order valence-electron chi connectivity index (χ0n) is 10.9. The molecule has 0 fully saturated rings. The van der Waals surface area contributed by atoms with Crippen molar-refractivity contribution in [3.63, 3.8) is 0 Å². The van der Waals surface area contributed by atoms with Crippen LogP contribution in [0.25, 0.3) is 0 Å². The van der Waals surface area contributed by atoms with Crippen LogP contribution in [0, 0.1) is 11.6 Å². The summed E-state index contributed by atoms with van der Waals surface area (Å²) in [5, 5.41) is 2.61. The van der Waals surface area contributed by atoms with E-state index in [1.54, 1.807) is 0 Å². The van der Waals surface area contributed by atoms with Crippen LogP contribution >= 0.6 is 15.9 Å². The highest BCUT2D eigenvalue weighted by atomic mass is 79.9. The van der Waals surface area contributed by atoms with Crippen LogP contribution in [0.15, 0.2) is 46.9 Å². The molecule has 0 aliphatic carbocycles. The highest BCUT2D eigenvalue weighted by Crippen LogP contribution is 2.17.